The van der Waals surface area contributed by atoms with Crippen LogP contribution in [-0.2, 0) is 4.74 Å². The predicted molar refractivity (Wildman–Crippen MR) is 125 cm³/mol. The molecule has 0 atom stereocenters. The van der Waals surface area contributed by atoms with Gasteiger partial charge in [-0.3, -0.25) is 10.1 Å². The summed E-state index contributed by atoms with van der Waals surface area (Å²) in [6.45, 7) is 7.56. The van der Waals surface area contributed by atoms with Gasteiger partial charge in [0.25, 0.3) is 5.91 Å². The Balaban J connectivity index is 1.63. The molecule has 0 radical (unpaired) electrons. The number of carbonyl (C=O) groups is 1. The van der Waals surface area contributed by atoms with Crippen molar-refractivity contribution >= 4 is 46.2 Å². The van der Waals surface area contributed by atoms with E-state index in [1.807, 2.05) is 18.2 Å². The smallest absolute Gasteiger partial charge is 0.257 e. The van der Waals surface area contributed by atoms with E-state index in [1.165, 1.54) is 0 Å². The molecule has 2 aromatic carbocycles. The molecule has 0 unspecified atom stereocenters. The van der Waals surface area contributed by atoms with Crippen LogP contribution in [0.1, 0.15) is 24.2 Å². The highest BCUT2D eigenvalue weighted by Gasteiger charge is 2.19. The van der Waals surface area contributed by atoms with Gasteiger partial charge in [0.1, 0.15) is 5.75 Å². The SMILES string of the molecule is CC(C)COc1ccc(C(=O)NC(=S)Nc2cccc(Cl)c2N2CCOCC2)cc1. The Morgan fingerprint density at radius 2 is 1.90 bits per heavy atom. The zero-order valence-electron chi connectivity index (χ0n) is 17.1. The van der Waals surface area contributed by atoms with Gasteiger partial charge in [0.05, 0.1) is 36.2 Å². The van der Waals surface area contributed by atoms with E-state index in [2.05, 4.69) is 29.4 Å². The Morgan fingerprint density at radius 3 is 2.57 bits per heavy atom. The molecular weight excluding hydrogens is 422 g/mol. The summed E-state index contributed by atoms with van der Waals surface area (Å²) in [7, 11) is 0. The Labute approximate surface area is 187 Å². The molecule has 6 nitrogen and oxygen atoms in total. The normalized spacial score (nSPS) is 13.8. The molecule has 1 fully saturated rings. The molecule has 1 aliphatic rings. The number of thiocarbonyl (C=S) groups is 1. The zero-order chi connectivity index (χ0) is 21.5. The molecule has 3 rings (SSSR count). The fourth-order valence-corrected chi connectivity index (χ4v) is 3.52. The molecule has 2 aromatic rings. The summed E-state index contributed by atoms with van der Waals surface area (Å²) < 4.78 is 11.1. The molecule has 0 aromatic heterocycles. The van der Waals surface area contributed by atoms with Crippen LogP contribution in [0.15, 0.2) is 42.5 Å². The third kappa shape index (κ3) is 6.08. The zero-order valence-corrected chi connectivity index (χ0v) is 18.7. The minimum Gasteiger partial charge on any atom is -0.493 e. The number of halogens is 1. The number of hydrogen-bond donors (Lipinski definition) is 2. The standard InChI is InChI=1S/C22H26ClN3O3S/c1-15(2)14-29-17-8-6-16(7-9-17)21(27)25-22(30)24-19-5-3-4-18(23)20(19)26-10-12-28-13-11-26/h3-9,15H,10-14H2,1-2H3,(H2,24,25,27,30). The van der Waals surface area contributed by atoms with Crippen molar-refractivity contribution in [3.05, 3.63) is 53.1 Å². The number of anilines is 2. The molecule has 1 aliphatic heterocycles. The van der Waals surface area contributed by atoms with Crippen molar-refractivity contribution in [3.63, 3.8) is 0 Å². The van der Waals surface area contributed by atoms with Crippen LogP contribution < -0.4 is 20.3 Å². The van der Waals surface area contributed by atoms with Crippen LogP contribution in [0, 0.1) is 5.92 Å². The van der Waals surface area contributed by atoms with E-state index in [1.54, 1.807) is 24.3 Å². The van der Waals surface area contributed by atoms with Gasteiger partial charge in [-0.25, -0.2) is 0 Å². The fourth-order valence-electron chi connectivity index (χ4n) is 3.02. The fraction of sp³-hybridized carbons (Fsp3) is 0.364. The maximum absolute atomic E-state index is 12.5. The van der Waals surface area contributed by atoms with Gasteiger partial charge in [-0.2, -0.15) is 0 Å². The Morgan fingerprint density at radius 1 is 1.20 bits per heavy atom. The number of morpholine rings is 1. The number of rotatable bonds is 6. The summed E-state index contributed by atoms with van der Waals surface area (Å²) >= 11 is 11.8. The van der Waals surface area contributed by atoms with E-state index in [0.29, 0.717) is 36.3 Å². The van der Waals surface area contributed by atoms with Gasteiger partial charge < -0.3 is 19.7 Å². The lowest BCUT2D eigenvalue weighted by Crippen LogP contribution is -2.38. The molecule has 0 spiro atoms. The summed E-state index contributed by atoms with van der Waals surface area (Å²) in [5.41, 5.74) is 2.09. The Kier molecular flexibility index (Phi) is 7.90. The molecule has 160 valence electrons. The van der Waals surface area contributed by atoms with E-state index in [-0.39, 0.29) is 11.0 Å². The summed E-state index contributed by atoms with van der Waals surface area (Å²) in [6.07, 6.45) is 0. The van der Waals surface area contributed by atoms with E-state index in [4.69, 9.17) is 33.3 Å². The molecule has 0 aliphatic carbocycles. The lowest BCUT2D eigenvalue weighted by molar-refractivity contribution is 0.0977. The largest absolute Gasteiger partial charge is 0.493 e. The first-order chi connectivity index (χ1) is 14.4. The van der Waals surface area contributed by atoms with E-state index >= 15 is 0 Å². The number of para-hydroxylation sites is 1. The second-order valence-corrected chi connectivity index (χ2v) is 8.19. The van der Waals surface area contributed by atoms with Gasteiger partial charge in [0.2, 0.25) is 0 Å². The third-order valence-corrected chi connectivity index (χ3v) is 5.00. The minimum absolute atomic E-state index is 0.205. The molecule has 8 heteroatoms. The maximum atomic E-state index is 12.5. The number of amides is 1. The first-order valence-corrected chi connectivity index (χ1v) is 10.7. The Bertz CT molecular complexity index is 884. The van der Waals surface area contributed by atoms with E-state index < -0.39 is 0 Å². The van der Waals surface area contributed by atoms with Gasteiger partial charge in [-0.15, -0.1) is 0 Å². The van der Waals surface area contributed by atoms with Crippen LogP contribution in [0.5, 0.6) is 5.75 Å². The highest BCUT2D eigenvalue weighted by molar-refractivity contribution is 7.80. The van der Waals surface area contributed by atoms with Crippen molar-refractivity contribution < 1.29 is 14.3 Å². The van der Waals surface area contributed by atoms with Gasteiger partial charge in [-0.1, -0.05) is 31.5 Å². The number of carbonyl (C=O) groups excluding carboxylic acids is 1. The van der Waals surface area contributed by atoms with Crippen molar-refractivity contribution in [3.8, 4) is 5.75 Å². The molecular formula is C22H26ClN3O3S. The highest BCUT2D eigenvalue weighted by Crippen LogP contribution is 2.34. The number of benzene rings is 2. The molecule has 2 N–H and O–H groups in total. The predicted octanol–water partition coefficient (Wildman–Crippen LogP) is 4.34. The van der Waals surface area contributed by atoms with Gasteiger partial charge in [-0.05, 0) is 54.5 Å². The van der Waals surface area contributed by atoms with E-state index in [9.17, 15) is 4.79 Å². The van der Waals surface area contributed by atoms with Gasteiger partial charge in [0, 0.05) is 18.7 Å². The molecule has 1 saturated heterocycles. The van der Waals surface area contributed by atoms with Crippen molar-refractivity contribution in [1.29, 1.82) is 0 Å². The van der Waals surface area contributed by atoms with Crippen molar-refractivity contribution in [2.24, 2.45) is 5.92 Å². The number of hydrogen-bond acceptors (Lipinski definition) is 5. The summed E-state index contributed by atoms with van der Waals surface area (Å²) in [4.78, 5) is 14.7. The monoisotopic (exact) mass is 447 g/mol. The van der Waals surface area contributed by atoms with Crippen LogP contribution >= 0.6 is 23.8 Å². The number of ether oxygens (including phenoxy) is 2. The van der Waals surface area contributed by atoms with Crippen LogP contribution in [-0.4, -0.2) is 43.9 Å². The van der Waals surface area contributed by atoms with Crippen molar-refractivity contribution in [1.82, 2.24) is 5.32 Å². The highest BCUT2D eigenvalue weighted by atomic mass is 35.5. The minimum atomic E-state index is -0.294. The first-order valence-electron chi connectivity index (χ1n) is 9.90. The lowest BCUT2D eigenvalue weighted by Gasteiger charge is -2.31. The van der Waals surface area contributed by atoms with Crippen LogP contribution in [0.3, 0.4) is 0 Å². The summed E-state index contributed by atoms with van der Waals surface area (Å²) in [5.74, 6) is 0.873. The lowest BCUT2D eigenvalue weighted by atomic mass is 10.2. The summed E-state index contributed by atoms with van der Waals surface area (Å²) in [6, 6.07) is 12.5. The molecule has 0 bridgehead atoms. The maximum Gasteiger partial charge on any atom is 0.257 e. The Hall–Kier alpha value is -2.35. The van der Waals surface area contributed by atoms with Gasteiger partial charge in [0.15, 0.2) is 5.11 Å². The third-order valence-electron chi connectivity index (χ3n) is 4.49. The number of nitrogens with one attached hydrogen (secondary N) is 2. The van der Waals surface area contributed by atoms with Crippen LogP contribution in [0.2, 0.25) is 5.02 Å². The van der Waals surface area contributed by atoms with Crippen molar-refractivity contribution in [2.75, 3.05) is 43.1 Å². The average molecular weight is 448 g/mol. The average Bonchev–Trinajstić information content (AvgIpc) is 2.73. The quantitative estimate of drug-likeness (QED) is 0.642. The number of nitrogens with zero attached hydrogens (tertiary/aromatic N) is 1. The summed E-state index contributed by atoms with van der Waals surface area (Å²) in [5, 5.41) is 6.64. The van der Waals surface area contributed by atoms with Crippen molar-refractivity contribution in [2.45, 2.75) is 13.8 Å². The van der Waals surface area contributed by atoms with Crippen LogP contribution in [0.4, 0.5) is 11.4 Å². The van der Waals surface area contributed by atoms with Gasteiger partial charge >= 0.3 is 0 Å². The molecule has 0 saturated carbocycles. The first kappa shape index (κ1) is 22.3. The molecule has 1 amide bonds. The topological polar surface area (TPSA) is 62.8 Å². The van der Waals surface area contributed by atoms with Crippen LogP contribution in [0.25, 0.3) is 0 Å². The second-order valence-electron chi connectivity index (χ2n) is 7.37. The molecule has 1 heterocycles. The second kappa shape index (κ2) is 10.6. The van der Waals surface area contributed by atoms with E-state index in [0.717, 1.165) is 30.2 Å². The molecule has 30 heavy (non-hydrogen) atoms.